The van der Waals surface area contributed by atoms with Gasteiger partial charge in [0, 0.05) is 16.7 Å². The van der Waals surface area contributed by atoms with Crippen LogP contribution in [-0.4, -0.2) is 15.0 Å². The highest BCUT2D eigenvalue weighted by Crippen LogP contribution is 2.63. The highest BCUT2D eigenvalue weighted by molar-refractivity contribution is 5.99. The van der Waals surface area contributed by atoms with Gasteiger partial charge in [0.15, 0.2) is 17.5 Å². The van der Waals surface area contributed by atoms with Crippen LogP contribution in [0.5, 0.6) is 0 Å². The minimum atomic E-state index is -0.472. The Hall–Kier alpha value is -9.57. The number of nitrogens with zero attached hydrogens (tertiary/aromatic N) is 3. The molecule has 3 heteroatoms. The van der Waals surface area contributed by atoms with Crippen molar-refractivity contribution in [2.45, 2.75) is 5.41 Å². The molecule has 11 aromatic carbocycles. The summed E-state index contributed by atoms with van der Waals surface area (Å²) in [4.78, 5) is 15.4. The van der Waals surface area contributed by atoms with E-state index in [1.807, 2.05) is 24.3 Å². The van der Waals surface area contributed by atoms with Gasteiger partial charge in [0.2, 0.25) is 0 Å². The first-order valence-electron chi connectivity index (χ1n) is 25.0. The lowest BCUT2D eigenvalue weighted by molar-refractivity contribution is 0.794. The second kappa shape index (κ2) is 17.4. The maximum absolute atomic E-state index is 5.20. The summed E-state index contributed by atoms with van der Waals surface area (Å²) in [5.74, 6) is 1.88. The third-order valence-corrected chi connectivity index (χ3v) is 15.0. The fraction of sp³-hybridized carbons (Fsp3) is 0.0143. The van der Waals surface area contributed by atoms with Crippen LogP contribution in [0.2, 0.25) is 0 Å². The number of benzene rings is 11. The Morgan fingerprint density at radius 3 is 1.03 bits per heavy atom. The van der Waals surface area contributed by atoms with Crippen LogP contribution >= 0.6 is 0 Å². The highest BCUT2D eigenvalue weighted by Gasteiger charge is 2.51. The van der Waals surface area contributed by atoms with Gasteiger partial charge in [-0.05, 0) is 130 Å². The van der Waals surface area contributed by atoms with Crippen LogP contribution in [0, 0.1) is 0 Å². The molecular weight excluding hydrogens is 883 g/mol. The SMILES string of the molecule is c1ccc(-c2ccc(-c3cc4c(cc3-c3cccc(-c5cccc(-c6nc(-c7ccccc7)nc(-c7cccc(-c8ccccc8)c7)n6)c5)c3)C3(c5ccccc5-c5ccccc53)c3ccccc3-4)cc2)cc1. The molecule has 0 unspecified atom stereocenters. The van der Waals surface area contributed by atoms with E-state index in [4.69, 9.17) is 15.0 Å². The number of rotatable bonds is 8. The number of aromatic nitrogens is 3. The summed E-state index contributed by atoms with van der Waals surface area (Å²) in [6, 6.07) is 98.7. The van der Waals surface area contributed by atoms with Crippen molar-refractivity contribution in [2.24, 2.45) is 0 Å². The van der Waals surface area contributed by atoms with Crippen LogP contribution < -0.4 is 0 Å². The zero-order valence-electron chi connectivity index (χ0n) is 39.8. The van der Waals surface area contributed by atoms with Gasteiger partial charge in [-0.15, -0.1) is 0 Å². The average molecular weight is 928 g/mol. The lowest BCUT2D eigenvalue weighted by Gasteiger charge is -2.31. The first-order valence-corrected chi connectivity index (χ1v) is 25.0. The number of hydrogen-bond donors (Lipinski definition) is 0. The first-order chi connectivity index (χ1) is 36.2. The summed E-state index contributed by atoms with van der Waals surface area (Å²) in [6.07, 6.45) is 0. The minimum absolute atomic E-state index is 0.472. The van der Waals surface area contributed by atoms with Gasteiger partial charge in [-0.1, -0.05) is 243 Å². The van der Waals surface area contributed by atoms with Crippen LogP contribution in [-0.2, 0) is 5.41 Å². The molecule has 0 bridgehead atoms. The molecule has 0 fully saturated rings. The van der Waals surface area contributed by atoms with Gasteiger partial charge in [0.05, 0.1) is 5.41 Å². The van der Waals surface area contributed by atoms with E-state index in [1.165, 1.54) is 72.3 Å². The summed E-state index contributed by atoms with van der Waals surface area (Å²) < 4.78 is 0. The summed E-state index contributed by atoms with van der Waals surface area (Å²) >= 11 is 0. The van der Waals surface area contributed by atoms with E-state index in [9.17, 15) is 0 Å². The zero-order chi connectivity index (χ0) is 48.3. The molecule has 1 spiro atoms. The molecule has 3 nitrogen and oxygen atoms in total. The molecule has 2 aliphatic rings. The molecule has 1 heterocycles. The Morgan fingerprint density at radius 2 is 0.507 bits per heavy atom. The Balaban J connectivity index is 0.929. The fourth-order valence-electron chi connectivity index (χ4n) is 11.6. The summed E-state index contributed by atoms with van der Waals surface area (Å²) in [5, 5.41) is 0. The molecule has 0 radical (unpaired) electrons. The van der Waals surface area contributed by atoms with E-state index in [0.29, 0.717) is 17.5 Å². The largest absolute Gasteiger partial charge is 0.208 e. The van der Waals surface area contributed by atoms with E-state index in [2.05, 4.69) is 249 Å². The van der Waals surface area contributed by atoms with E-state index in [0.717, 1.165) is 44.5 Å². The van der Waals surface area contributed by atoms with Crippen molar-refractivity contribution in [1.82, 2.24) is 15.0 Å². The van der Waals surface area contributed by atoms with Gasteiger partial charge in [0.25, 0.3) is 0 Å². The van der Waals surface area contributed by atoms with E-state index in [-0.39, 0.29) is 0 Å². The van der Waals surface area contributed by atoms with Gasteiger partial charge in [-0.2, -0.15) is 0 Å². The van der Waals surface area contributed by atoms with E-state index >= 15 is 0 Å². The summed E-state index contributed by atoms with van der Waals surface area (Å²) in [7, 11) is 0. The Bertz CT molecular complexity index is 4020. The molecule has 0 aliphatic heterocycles. The lowest BCUT2D eigenvalue weighted by Crippen LogP contribution is -2.25. The fourth-order valence-corrected chi connectivity index (χ4v) is 11.6. The van der Waals surface area contributed by atoms with Crippen molar-refractivity contribution in [1.29, 1.82) is 0 Å². The van der Waals surface area contributed by atoms with Crippen molar-refractivity contribution < 1.29 is 0 Å². The molecule has 12 aromatic rings. The molecule has 14 rings (SSSR count). The van der Waals surface area contributed by atoms with Crippen molar-refractivity contribution in [3.8, 4) is 112 Å². The predicted molar refractivity (Wildman–Crippen MR) is 300 cm³/mol. The van der Waals surface area contributed by atoms with Gasteiger partial charge < -0.3 is 0 Å². The van der Waals surface area contributed by atoms with E-state index < -0.39 is 5.41 Å². The molecule has 2 aliphatic carbocycles. The molecule has 0 amide bonds. The second-order valence-corrected chi connectivity index (χ2v) is 19.1. The Labute approximate surface area is 425 Å². The predicted octanol–water partition coefficient (Wildman–Crippen LogP) is 17.6. The third kappa shape index (κ3) is 7.08. The molecule has 0 N–H and O–H groups in total. The van der Waals surface area contributed by atoms with Gasteiger partial charge in [-0.3, -0.25) is 0 Å². The maximum Gasteiger partial charge on any atom is 0.164 e. The van der Waals surface area contributed by atoms with Gasteiger partial charge in [0.1, 0.15) is 0 Å². The normalized spacial score (nSPS) is 12.5. The maximum atomic E-state index is 5.20. The lowest BCUT2D eigenvalue weighted by atomic mass is 9.70. The highest BCUT2D eigenvalue weighted by atomic mass is 15.0. The monoisotopic (exact) mass is 927 g/mol. The van der Waals surface area contributed by atoms with Crippen molar-refractivity contribution >= 4 is 0 Å². The summed E-state index contributed by atoms with van der Waals surface area (Å²) in [6.45, 7) is 0. The smallest absolute Gasteiger partial charge is 0.164 e. The van der Waals surface area contributed by atoms with E-state index in [1.54, 1.807) is 0 Å². The third-order valence-electron chi connectivity index (χ3n) is 15.0. The summed E-state index contributed by atoms with van der Waals surface area (Å²) in [5.41, 5.74) is 24.3. The molecule has 0 atom stereocenters. The van der Waals surface area contributed by atoms with Crippen molar-refractivity contribution in [3.63, 3.8) is 0 Å². The van der Waals surface area contributed by atoms with Crippen LogP contribution in [0.15, 0.2) is 273 Å². The first kappa shape index (κ1) is 42.3. The second-order valence-electron chi connectivity index (χ2n) is 19.1. The quantitative estimate of drug-likeness (QED) is 0.152. The zero-order valence-corrected chi connectivity index (χ0v) is 39.8. The topological polar surface area (TPSA) is 38.7 Å². The standard InChI is InChI=1S/C70H45N3/c1-4-19-46(20-5-1)48-37-39-49(40-38-48)60-44-62-59-33-12-15-36-65(59)70(63-34-13-10-31-57(63)58-32-11-14-35-64(58)70)66(62)45-61(60)54-28-16-26-52(41-54)53-27-18-30-56(43-53)69-72-67(50-23-8-3-9-24-50)71-68(73-69)55-29-17-25-51(42-55)47-21-6-2-7-22-47/h1-45H. The molecule has 0 saturated carbocycles. The molecule has 340 valence electrons. The molecule has 73 heavy (non-hydrogen) atoms. The minimum Gasteiger partial charge on any atom is -0.208 e. The number of hydrogen-bond acceptors (Lipinski definition) is 3. The van der Waals surface area contributed by atoms with Crippen LogP contribution in [0.1, 0.15) is 22.3 Å². The van der Waals surface area contributed by atoms with Crippen molar-refractivity contribution in [3.05, 3.63) is 295 Å². The molecule has 1 aromatic heterocycles. The molecular formula is C70H45N3. The average Bonchev–Trinajstić information content (AvgIpc) is 4.05. The van der Waals surface area contributed by atoms with Gasteiger partial charge >= 0.3 is 0 Å². The van der Waals surface area contributed by atoms with Crippen LogP contribution in [0.4, 0.5) is 0 Å². The number of fused-ring (bicyclic) bond motifs is 10. The van der Waals surface area contributed by atoms with Crippen molar-refractivity contribution in [2.75, 3.05) is 0 Å². The Morgan fingerprint density at radius 1 is 0.178 bits per heavy atom. The van der Waals surface area contributed by atoms with Crippen LogP contribution in [0.3, 0.4) is 0 Å². The van der Waals surface area contributed by atoms with Crippen LogP contribution in [0.25, 0.3) is 112 Å². The Kier molecular flexibility index (Phi) is 10.1. The van der Waals surface area contributed by atoms with Gasteiger partial charge in [-0.25, -0.2) is 15.0 Å². The molecule has 0 saturated heterocycles.